The summed E-state index contributed by atoms with van der Waals surface area (Å²) in [5.74, 6) is -3.12. The number of ether oxygens (including phenoxy) is 1. The van der Waals surface area contributed by atoms with Crippen molar-refractivity contribution < 1.29 is 18.3 Å². The van der Waals surface area contributed by atoms with Crippen molar-refractivity contribution in [3.63, 3.8) is 0 Å². The van der Waals surface area contributed by atoms with Gasteiger partial charge in [0.25, 0.3) is 0 Å². The first kappa shape index (κ1) is 10.9. The fourth-order valence-corrected chi connectivity index (χ4v) is 1.07. The number of carbonyl (C=O) groups excluding carboxylic acids is 1. The summed E-state index contributed by atoms with van der Waals surface area (Å²) in [7, 11) is 0. The van der Waals surface area contributed by atoms with Gasteiger partial charge in [-0.2, -0.15) is 0 Å². The Morgan fingerprint density at radius 2 is 2.14 bits per heavy atom. The molecule has 0 aromatic heterocycles. The van der Waals surface area contributed by atoms with E-state index in [1.807, 2.05) is 0 Å². The first-order valence-corrected chi connectivity index (χ1v) is 4.26. The van der Waals surface area contributed by atoms with Gasteiger partial charge in [-0.25, -0.2) is 13.6 Å². The average Bonchev–Trinajstić information content (AvgIpc) is 2.13. The molecule has 76 valence electrons. The van der Waals surface area contributed by atoms with E-state index in [0.717, 1.165) is 12.1 Å². The maximum Gasteiger partial charge on any atom is 0.344 e. The van der Waals surface area contributed by atoms with E-state index in [0.29, 0.717) is 0 Å². The van der Waals surface area contributed by atoms with Crippen molar-refractivity contribution >= 4 is 17.6 Å². The standard InChI is InChI=1S/C9H7ClF2O2/c1-2-14-9(13)7-6(11)4-3-5(10)8(7)12/h3-4H,2H2,1H3. The van der Waals surface area contributed by atoms with Crippen LogP contribution >= 0.6 is 11.6 Å². The van der Waals surface area contributed by atoms with Gasteiger partial charge in [-0.05, 0) is 19.1 Å². The second-order valence-corrected chi connectivity index (χ2v) is 2.85. The molecule has 1 rings (SSSR count). The highest BCUT2D eigenvalue weighted by Gasteiger charge is 2.20. The van der Waals surface area contributed by atoms with Gasteiger partial charge < -0.3 is 4.74 Å². The van der Waals surface area contributed by atoms with Gasteiger partial charge >= 0.3 is 5.97 Å². The van der Waals surface area contributed by atoms with Crippen LogP contribution in [0.1, 0.15) is 17.3 Å². The molecule has 0 bridgehead atoms. The second-order valence-electron chi connectivity index (χ2n) is 2.44. The van der Waals surface area contributed by atoms with Crippen molar-refractivity contribution in [2.75, 3.05) is 6.61 Å². The Morgan fingerprint density at radius 1 is 1.50 bits per heavy atom. The third-order valence-corrected chi connectivity index (χ3v) is 1.82. The van der Waals surface area contributed by atoms with Crippen molar-refractivity contribution in [2.45, 2.75) is 6.92 Å². The van der Waals surface area contributed by atoms with Gasteiger partial charge in [-0.15, -0.1) is 0 Å². The molecule has 1 aromatic rings. The summed E-state index contributed by atoms with van der Waals surface area (Å²) >= 11 is 5.38. The SMILES string of the molecule is CCOC(=O)c1c(F)ccc(Cl)c1F. The van der Waals surface area contributed by atoms with Gasteiger partial charge in [-0.3, -0.25) is 0 Å². The van der Waals surface area contributed by atoms with Crippen molar-refractivity contribution in [3.05, 3.63) is 34.4 Å². The van der Waals surface area contributed by atoms with E-state index in [1.54, 1.807) is 0 Å². The van der Waals surface area contributed by atoms with Crippen molar-refractivity contribution in [1.82, 2.24) is 0 Å². The molecule has 0 heterocycles. The summed E-state index contributed by atoms with van der Waals surface area (Å²) in [6.07, 6.45) is 0. The molecule has 0 aliphatic rings. The van der Waals surface area contributed by atoms with Gasteiger partial charge in [0, 0.05) is 0 Å². The molecule has 14 heavy (non-hydrogen) atoms. The highest BCUT2D eigenvalue weighted by Crippen LogP contribution is 2.21. The van der Waals surface area contributed by atoms with E-state index in [-0.39, 0.29) is 11.6 Å². The largest absolute Gasteiger partial charge is 0.462 e. The monoisotopic (exact) mass is 220 g/mol. The van der Waals surface area contributed by atoms with Crippen molar-refractivity contribution in [3.8, 4) is 0 Å². The van der Waals surface area contributed by atoms with Crippen LogP contribution in [-0.4, -0.2) is 12.6 Å². The van der Waals surface area contributed by atoms with Crippen LogP contribution in [-0.2, 0) is 4.74 Å². The number of rotatable bonds is 2. The van der Waals surface area contributed by atoms with Crippen LogP contribution in [0.4, 0.5) is 8.78 Å². The van der Waals surface area contributed by atoms with E-state index in [1.165, 1.54) is 6.92 Å². The van der Waals surface area contributed by atoms with Gasteiger partial charge in [0.2, 0.25) is 0 Å². The van der Waals surface area contributed by atoms with Crippen molar-refractivity contribution in [2.24, 2.45) is 0 Å². The van der Waals surface area contributed by atoms with Crippen LogP contribution in [0.25, 0.3) is 0 Å². The molecule has 0 fully saturated rings. The zero-order valence-electron chi connectivity index (χ0n) is 7.31. The Hall–Kier alpha value is -1.16. The lowest BCUT2D eigenvalue weighted by atomic mass is 10.2. The van der Waals surface area contributed by atoms with Crippen LogP contribution in [0.5, 0.6) is 0 Å². The fraction of sp³-hybridized carbons (Fsp3) is 0.222. The van der Waals surface area contributed by atoms with Gasteiger partial charge in [0.15, 0.2) is 5.82 Å². The van der Waals surface area contributed by atoms with E-state index >= 15 is 0 Å². The number of hydrogen-bond donors (Lipinski definition) is 0. The molecule has 0 saturated carbocycles. The highest BCUT2D eigenvalue weighted by molar-refractivity contribution is 6.31. The minimum atomic E-state index is -1.09. The van der Waals surface area contributed by atoms with Gasteiger partial charge in [0.05, 0.1) is 11.6 Å². The Bertz CT molecular complexity index is 366. The first-order chi connectivity index (χ1) is 6.57. The summed E-state index contributed by atoms with van der Waals surface area (Å²) in [6.45, 7) is 1.59. The normalized spacial score (nSPS) is 10.0. The Balaban J connectivity index is 3.18. The molecular weight excluding hydrogens is 214 g/mol. The van der Waals surface area contributed by atoms with E-state index in [2.05, 4.69) is 4.74 Å². The lowest BCUT2D eigenvalue weighted by Crippen LogP contribution is -2.10. The van der Waals surface area contributed by atoms with E-state index < -0.39 is 23.2 Å². The predicted octanol–water partition coefficient (Wildman–Crippen LogP) is 2.79. The topological polar surface area (TPSA) is 26.3 Å². The lowest BCUT2D eigenvalue weighted by molar-refractivity contribution is 0.0515. The molecule has 0 N–H and O–H groups in total. The summed E-state index contributed by atoms with van der Waals surface area (Å²) in [6, 6.07) is 1.95. The third-order valence-electron chi connectivity index (χ3n) is 1.52. The molecule has 0 atom stereocenters. The highest BCUT2D eigenvalue weighted by atomic mass is 35.5. The summed E-state index contributed by atoms with van der Waals surface area (Å²) in [5.41, 5.74) is -0.751. The van der Waals surface area contributed by atoms with Crippen LogP contribution in [0.15, 0.2) is 12.1 Å². The Labute approximate surface area is 84.4 Å². The van der Waals surface area contributed by atoms with Crippen molar-refractivity contribution in [1.29, 1.82) is 0 Å². The zero-order chi connectivity index (χ0) is 10.7. The molecule has 0 radical (unpaired) electrons. The number of benzene rings is 1. The van der Waals surface area contributed by atoms with E-state index in [4.69, 9.17) is 11.6 Å². The van der Waals surface area contributed by atoms with Crippen LogP contribution in [0, 0.1) is 11.6 Å². The minimum absolute atomic E-state index is 0.0459. The second kappa shape index (κ2) is 4.37. The Morgan fingerprint density at radius 3 is 2.71 bits per heavy atom. The first-order valence-electron chi connectivity index (χ1n) is 3.88. The quantitative estimate of drug-likeness (QED) is 0.566. The molecule has 0 unspecified atom stereocenters. The molecule has 1 aromatic carbocycles. The lowest BCUT2D eigenvalue weighted by Gasteiger charge is -2.04. The molecule has 0 aliphatic carbocycles. The molecule has 2 nitrogen and oxygen atoms in total. The number of hydrogen-bond acceptors (Lipinski definition) is 2. The number of halogens is 3. The molecular formula is C9H7ClF2O2. The summed E-state index contributed by atoms with van der Waals surface area (Å²) in [4.78, 5) is 11.1. The zero-order valence-corrected chi connectivity index (χ0v) is 8.07. The van der Waals surface area contributed by atoms with Gasteiger partial charge in [0.1, 0.15) is 11.4 Å². The molecule has 0 saturated heterocycles. The van der Waals surface area contributed by atoms with Crippen LogP contribution in [0.3, 0.4) is 0 Å². The molecule has 0 spiro atoms. The fourth-order valence-electron chi connectivity index (χ4n) is 0.917. The summed E-state index contributed by atoms with van der Waals surface area (Å²) in [5, 5.41) is -0.311. The van der Waals surface area contributed by atoms with Crippen LogP contribution < -0.4 is 0 Å². The third kappa shape index (κ3) is 2.01. The molecule has 0 amide bonds. The number of esters is 1. The van der Waals surface area contributed by atoms with Crippen LogP contribution in [0.2, 0.25) is 5.02 Å². The smallest absolute Gasteiger partial charge is 0.344 e. The number of carbonyl (C=O) groups is 1. The predicted molar refractivity (Wildman–Crippen MR) is 47.3 cm³/mol. The molecule has 0 aliphatic heterocycles. The summed E-state index contributed by atoms with van der Waals surface area (Å²) < 4.78 is 30.6. The minimum Gasteiger partial charge on any atom is -0.462 e. The Kier molecular flexibility index (Phi) is 3.41. The van der Waals surface area contributed by atoms with Gasteiger partial charge in [-0.1, -0.05) is 11.6 Å². The van der Waals surface area contributed by atoms with E-state index in [9.17, 15) is 13.6 Å². The maximum absolute atomic E-state index is 13.2. The maximum atomic E-state index is 13.2. The average molecular weight is 221 g/mol. The molecule has 5 heteroatoms.